The number of nitrogens with two attached hydrogens (primary N) is 1. The molecule has 0 aliphatic rings. The minimum absolute atomic E-state index is 0.289. The van der Waals surface area contributed by atoms with Gasteiger partial charge in [0.2, 0.25) is 0 Å². The Bertz CT molecular complexity index is 568. The molecule has 0 saturated heterocycles. The van der Waals surface area contributed by atoms with Crippen LogP contribution in [0.4, 0.5) is 0 Å². The van der Waals surface area contributed by atoms with Crippen LogP contribution in [0.25, 0.3) is 5.65 Å². The Morgan fingerprint density at radius 1 is 1.56 bits per heavy atom. The molecule has 0 saturated carbocycles. The number of hydrogen-bond acceptors (Lipinski definition) is 2. The second-order valence-electron chi connectivity index (χ2n) is 4.70. The van der Waals surface area contributed by atoms with Crippen LogP contribution in [0.2, 0.25) is 0 Å². The van der Waals surface area contributed by atoms with E-state index < -0.39 is 0 Å². The summed E-state index contributed by atoms with van der Waals surface area (Å²) in [6.07, 6.45) is 3.97. The third-order valence-electron chi connectivity index (χ3n) is 2.51. The Balaban J connectivity index is 2.12. The van der Waals surface area contributed by atoms with Crippen molar-refractivity contribution in [2.45, 2.75) is 33.4 Å². The molecule has 0 aromatic carbocycles. The standard InChI is InChI=1S/C13H19N5/c1-9(2)16-13(14)15-7-11-8-18-5-4-10(3)6-12(18)17-11/h4-6,8-9H,7H2,1-3H3,(H3,14,15,16). The highest BCUT2D eigenvalue weighted by Crippen LogP contribution is 2.08. The van der Waals surface area contributed by atoms with Gasteiger partial charge in [0.05, 0.1) is 12.2 Å². The third kappa shape index (κ3) is 3.00. The molecule has 0 fully saturated rings. The van der Waals surface area contributed by atoms with Gasteiger partial charge in [-0.3, -0.25) is 0 Å². The molecule has 2 rings (SSSR count). The van der Waals surface area contributed by atoms with Gasteiger partial charge >= 0.3 is 0 Å². The first-order valence-electron chi connectivity index (χ1n) is 6.05. The fourth-order valence-corrected chi connectivity index (χ4v) is 1.72. The number of nitrogens with zero attached hydrogens (tertiary/aromatic N) is 3. The number of nitrogens with one attached hydrogen (secondary N) is 1. The van der Waals surface area contributed by atoms with Crippen LogP contribution in [-0.2, 0) is 6.54 Å². The molecule has 0 spiro atoms. The van der Waals surface area contributed by atoms with E-state index in [4.69, 9.17) is 5.73 Å². The van der Waals surface area contributed by atoms with Crippen LogP contribution in [0.3, 0.4) is 0 Å². The minimum Gasteiger partial charge on any atom is -0.370 e. The van der Waals surface area contributed by atoms with Gasteiger partial charge < -0.3 is 15.5 Å². The summed E-state index contributed by atoms with van der Waals surface area (Å²) in [7, 11) is 0. The summed E-state index contributed by atoms with van der Waals surface area (Å²) in [6.45, 7) is 6.59. The van der Waals surface area contributed by atoms with E-state index in [0.29, 0.717) is 12.5 Å². The highest BCUT2D eigenvalue weighted by atomic mass is 15.1. The maximum absolute atomic E-state index is 5.75. The molecule has 0 aliphatic heterocycles. The molecular formula is C13H19N5. The number of fused-ring (bicyclic) bond motifs is 1. The van der Waals surface area contributed by atoms with Crippen LogP contribution in [0.5, 0.6) is 0 Å². The van der Waals surface area contributed by atoms with Gasteiger partial charge in [0, 0.05) is 18.4 Å². The highest BCUT2D eigenvalue weighted by molar-refractivity contribution is 5.78. The van der Waals surface area contributed by atoms with Crippen LogP contribution in [-0.4, -0.2) is 21.4 Å². The summed E-state index contributed by atoms with van der Waals surface area (Å²) in [5.74, 6) is 0.457. The highest BCUT2D eigenvalue weighted by Gasteiger charge is 2.01. The van der Waals surface area contributed by atoms with Crippen LogP contribution in [0.1, 0.15) is 25.1 Å². The van der Waals surface area contributed by atoms with Crippen molar-refractivity contribution in [2.24, 2.45) is 10.7 Å². The molecule has 0 atom stereocenters. The van der Waals surface area contributed by atoms with E-state index >= 15 is 0 Å². The lowest BCUT2D eigenvalue weighted by atomic mass is 10.3. The van der Waals surface area contributed by atoms with Crippen molar-refractivity contribution in [3.05, 3.63) is 35.8 Å². The third-order valence-corrected chi connectivity index (χ3v) is 2.51. The van der Waals surface area contributed by atoms with Crippen LogP contribution < -0.4 is 11.1 Å². The van der Waals surface area contributed by atoms with E-state index in [9.17, 15) is 0 Å². The second kappa shape index (κ2) is 5.08. The number of hydrogen-bond donors (Lipinski definition) is 2. The molecule has 18 heavy (non-hydrogen) atoms. The number of rotatable bonds is 3. The predicted molar refractivity (Wildman–Crippen MR) is 73.5 cm³/mol. The van der Waals surface area contributed by atoms with Gasteiger partial charge in [-0.05, 0) is 38.5 Å². The topological polar surface area (TPSA) is 67.7 Å². The summed E-state index contributed by atoms with van der Waals surface area (Å²) in [4.78, 5) is 8.76. The average molecular weight is 245 g/mol. The van der Waals surface area contributed by atoms with E-state index in [-0.39, 0.29) is 6.04 Å². The van der Waals surface area contributed by atoms with Crippen LogP contribution in [0, 0.1) is 6.92 Å². The first-order chi connectivity index (χ1) is 8.54. The van der Waals surface area contributed by atoms with E-state index in [1.54, 1.807) is 0 Å². The maximum Gasteiger partial charge on any atom is 0.189 e. The quantitative estimate of drug-likeness (QED) is 0.635. The Labute approximate surface area is 107 Å². The summed E-state index contributed by atoms with van der Waals surface area (Å²) in [5, 5.41) is 3.05. The van der Waals surface area contributed by atoms with Gasteiger partial charge in [0.1, 0.15) is 5.65 Å². The Hall–Kier alpha value is -2.04. The van der Waals surface area contributed by atoms with Crippen LogP contribution >= 0.6 is 0 Å². The van der Waals surface area contributed by atoms with E-state index in [0.717, 1.165) is 11.3 Å². The van der Waals surface area contributed by atoms with Crippen molar-refractivity contribution in [3.8, 4) is 0 Å². The van der Waals surface area contributed by atoms with Crippen LogP contribution in [0.15, 0.2) is 29.5 Å². The zero-order chi connectivity index (χ0) is 13.1. The van der Waals surface area contributed by atoms with Crippen molar-refractivity contribution < 1.29 is 0 Å². The lowest BCUT2D eigenvalue weighted by molar-refractivity contribution is 0.723. The second-order valence-corrected chi connectivity index (χ2v) is 4.70. The zero-order valence-electron chi connectivity index (χ0n) is 11.0. The predicted octanol–water partition coefficient (Wildman–Crippen LogP) is 1.46. The average Bonchev–Trinajstić information content (AvgIpc) is 2.67. The number of imidazole rings is 1. The number of pyridine rings is 1. The molecule has 0 bridgehead atoms. The van der Waals surface area contributed by atoms with Gasteiger partial charge in [-0.25, -0.2) is 9.98 Å². The summed E-state index contributed by atoms with van der Waals surface area (Å²) < 4.78 is 1.99. The smallest absolute Gasteiger partial charge is 0.189 e. The van der Waals surface area contributed by atoms with Gasteiger partial charge in [-0.2, -0.15) is 0 Å². The maximum atomic E-state index is 5.75. The molecule has 3 N–H and O–H groups in total. The van der Waals surface area contributed by atoms with E-state index in [1.807, 2.05) is 36.7 Å². The first kappa shape index (κ1) is 12.4. The molecular weight excluding hydrogens is 226 g/mol. The molecule has 2 heterocycles. The van der Waals surface area contributed by atoms with Crippen molar-refractivity contribution >= 4 is 11.6 Å². The minimum atomic E-state index is 0.289. The summed E-state index contributed by atoms with van der Waals surface area (Å²) in [5.41, 5.74) is 8.79. The van der Waals surface area contributed by atoms with Crippen molar-refractivity contribution in [2.75, 3.05) is 0 Å². The number of aryl methyl sites for hydroxylation is 1. The molecule has 0 amide bonds. The molecule has 5 nitrogen and oxygen atoms in total. The molecule has 5 heteroatoms. The molecule has 0 radical (unpaired) electrons. The molecule has 2 aromatic rings. The number of guanidine groups is 1. The largest absolute Gasteiger partial charge is 0.370 e. The molecule has 96 valence electrons. The van der Waals surface area contributed by atoms with Gasteiger partial charge in [0.25, 0.3) is 0 Å². The Morgan fingerprint density at radius 3 is 3.06 bits per heavy atom. The van der Waals surface area contributed by atoms with Crippen molar-refractivity contribution in [1.82, 2.24) is 14.7 Å². The van der Waals surface area contributed by atoms with Crippen molar-refractivity contribution in [3.63, 3.8) is 0 Å². The monoisotopic (exact) mass is 245 g/mol. The zero-order valence-corrected chi connectivity index (χ0v) is 11.0. The Kier molecular flexibility index (Phi) is 3.50. The fraction of sp³-hybridized carbons (Fsp3) is 0.385. The lowest BCUT2D eigenvalue weighted by Crippen LogP contribution is -2.36. The SMILES string of the molecule is Cc1ccn2cc(CN=C(N)NC(C)C)nc2c1. The first-order valence-corrected chi connectivity index (χ1v) is 6.05. The van der Waals surface area contributed by atoms with Gasteiger partial charge in [-0.15, -0.1) is 0 Å². The fourth-order valence-electron chi connectivity index (χ4n) is 1.72. The van der Waals surface area contributed by atoms with Gasteiger partial charge in [-0.1, -0.05) is 0 Å². The molecule has 2 aromatic heterocycles. The molecule has 0 unspecified atom stereocenters. The van der Waals surface area contributed by atoms with E-state index in [2.05, 4.69) is 28.3 Å². The lowest BCUT2D eigenvalue weighted by Gasteiger charge is -2.07. The number of aromatic nitrogens is 2. The summed E-state index contributed by atoms with van der Waals surface area (Å²) >= 11 is 0. The molecule has 0 aliphatic carbocycles. The Morgan fingerprint density at radius 2 is 2.33 bits per heavy atom. The van der Waals surface area contributed by atoms with Gasteiger partial charge in [0.15, 0.2) is 5.96 Å². The summed E-state index contributed by atoms with van der Waals surface area (Å²) in [6, 6.07) is 4.39. The van der Waals surface area contributed by atoms with E-state index in [1.165, 1.54) is 5.56 Å². The normalized spacial score (nSPS) is 12.3. The van der Waals surface area contributed by atoms with Crippen molar-refractivity contribution in [1.29, 1.82) is 0 Å². The number of aliphatic imine (C=N–C) groups is 1.